The Bertz CT molecular complexity index is 438. The average molecular weight is 222 g/mol. The van der Waals surface area contributed by atoms with Crippen LogP contribution in [-0.4, -0.2) is 31.3 Å². The molecule has 0 aromatic carbocycles. The van der Waals surface area contributed by atoms with E-state index in [1.807, 2.05) is 0 Å². The van der Waals surface area contributed by atoms with Gasteiger partial charge in [0, 0.05) is 6.20 Å². The lowest BCUT2D eigenvalue weighted by molar-refractivity contribution is -0.141. The maximum Gasteiger partial charge on any atom is 0.335 e. The number of ether oxygens (including phenoxy) is 1. The largest absolute Gasteiger partial charge is 0.468 e. The van der Waals surface area contributed by atoms with E-state index in [9.17, 15) is 17.1 Å². The minimum Gasteiger partial charge on any atom is -0.468 e. The fraction of sp³-hybridized carbons (Fsp3) is 0.333. The van der Waals surface area contributed by atoms with Gasteiger partial charge in [0.15, 0.2) is 0 Å². The molecule has 0 unspecified atom stereocenters. The Morgan fingerprint density at radius 2 is 2.36 bits per heavy atom. The highest BCUT2D eigenvalue weighted by Gasteiger charge is 2.15. The molecule has 0 aliphatic rings. The molecule has 0 saturated heterocycles. The Morgan fingerprint density at radius 1 is 1.71 bits per heavy atom. The summed E-state index contributed by atoms with van der Waals surface area (Å²) < 4.78 is 38.4. The van der Waals surface area contributed by atoms with Crippen molar-refractivity contribution < 1.29 is 21.8 Å². The van der Waals surface area contributed by atoms with Crippen molar-refractivity contribution in [3.63, 3.8) is 0 Å². The summed E-state index contributed by atoms with van der Waals surface area (Å²) in [6.45, 7) is -0.258. The van der Waals surface area contributed by atoms with Gasteiger partial charge in [0.25, 0.3) is 0 Å². The fourth-order valence-electron chi connectivity index (χ4n) is 0.754. The van der Waals surface area contributed by atoms with Crippen LogP contribution in [0, 0.1) is 0 Å². The highest BCUT2D eigenvalue weighted by molar-refractivity contribution is 7.86. The Morgan fingerprint density at radius 3 is 2.79 bits per heavy atom. The number of nitrogens with zero attached hydrogens (tertiary/aromatic N) is 2. The molecule has 1 heterocycles. The molecule has 1 aromatic rings. The number of aromatic nitrogens is 2. The Kier molecular flexibility index (Phi) is 2.84. The quantitative estimate of drug-likeness (QED) is 0.519. The summed E-state index contributed by atoms with van der Waals surface area (Å²) in [6.07, 6.45) is 1.73. The molecule has 1 aromatic heterocycles. The zero-order chi connectivity index (χ0) is 10.8. The van der Waals surface area contributed by atoms with Crippen LogP contribution in [0.5, 0.6) is 0 Å². The van der Waals surface area contributed by atoms with Crippen LogP contribution in [0.2, 0.25) is 0 Å². The van der Waals surface area contributed by atoms with Gasteiger partial charge in [-0.3, -0.25) is 9.48 Å². The van der Waals surface area contributed by atoms with Gasteiger partial charge in [-0.1, -0.05) is 0 Å². The number of esters is 1. The van der Waals surface area contributed by atoms with Crippen LogP contribution in [-0.2, 0) is 26.3 Å². The van der Waals surface area contributed by atoms with Crippen molar-refractivity contribution in [2.24, 2.45) is 0 Å². The number of rotatable bonds is 3. The minimum absolute atomic E-state index is 0.258. The monoisotopic (exact) mass is 222 g/mol. The summed E-state index contributed by atoms with van der Waals surface area (Å²) in [7, 11) is -3.58. The second-order valence-corrected chi connectivity index (χ2v) is 3.73. The number of hydrogen-bond donors (Lipinski definition) is 0. The molecule has 0 bridgehead atoms. The summed E-state index contributed by atoms with van der Waals surface area (Å²) in [4.78, 5) is 10.1. The SMILES string of the molecule is COC(=O)Cn1cc(S(=O)(=O)F)cn1. The zero-order valence-corrected chi connectivity index (χ0v) is 7.99. The van der Waals surface area contributed by atoms with Crippen LogP contribution in [0.3, 0.4) is 0 Å². The van der Waals surface area contributed by atoms with Crippen LogP contribution in [0.25, 0.3) is 0 Å². The van der Waals surface area contributed by atoms with Gasteiger partial charge in [0.05, 0.1) is 13.3 Å². The van der Waals surface area contributed by atoms with Crippen LogP contribution in [0.15, 0.2) is 17.3 Å². The van der Waals surface area contributed by atoms with Gasteiger partial charge in [-0.15, -0.1) is 3.89 Å². The molecule has 14 heavy (non-hydrogen) atoms. The first-order chi connectivity index (χ1) is 6.43. The van der Waals surface area contributed by atoms with Gasteiger partial charge in [-0.25, -0.2) is 0 Å². The summed E-state index contributed by atoms with van der Waals surface area (Å²) >= 11 is 0. The maximum absolute atomic E-state index is 12.4. The van der Waals surface area contributed by atoms with E-state index in [2.05, 4.69) is 9.84 Å². The van der Waals surface area contributed by atoms with Gasteiger partial charge in [0.1, 0.15) is 11.4 Å². The molecule has 0 fully saturated rings. The van der Waals surface area contributed by atoms with Crippen molar-refractivity contribution in [2.75, 3.05) is 7.11 Å². The predicted octanol–water partition coefficient (Wildman–Crippen LogP) is -0.286. The molecule has 0 amide bonds. The van der Waals surface area contributed by atoms with Gasteiger partial charge in [0.2, 0.25) is 0 Å². The van der Waals surface area contributed by atoms with E-state index in [0.717, 1.165) is 17.1 Å². The first-order valence-corrected chi connectivity index (χ1v) is 4.86. The Balaban J connectivity index is 2.84. The Hall–Kier alpha value is -1.44. The molecule has 0 radical (unpaired) electrons. The summed E-state index contributed by atoms with van der Waals surface area (Å²) in [5, 5.41) is 3.47. The molecule has 1 rings (SSSR count). The van der Waals surface area contributed by atoms with E-state index in [0.29, 0.717) is 0 Å². The fourth-order valence-corrected chi connectivity index (χ4v) is 1.17. The first-order valence-electron chi connectivity index (χ1n) is 3.47. The van der Waals surface area contributed by atoms with E-state index < -0.39 is 21.1 Å². The van der Waals surface area contributed by atoms with E-state index in [-0.39, 0.29) is 6.54 Å². The van der Waals surface area contributed by atoms with Gasteiger partial charge in [-0.2, -0.15) is 13.5 Å². The van der Waals surface area contributed by atoms with Crippen molar-refractivity contribution in [3.05, 3.63) is 12.4 Å². The highest BCUT2D eigenvalue weighted by Crippen LogP contribution is 2.09. The van der Waals surface area contributed by atoms with Crippen LogP contribution < -0.4 is 0 Å². The molecule has 0 atom stereocenters. The molecular formula is C6H7FN2O4S. The zero-order valence-electron chi connectivity index (χ0n) is 7.18. The Labute approximate surface area is 79.5 Å². The molecule has 6 nitrogen and oxygen atoms in total. The molecule has 8 heteroatoms. The minimum atomic E-state index is -4.76. The van der Waals surface area contributed by atoms with Gasteiger partial charge in [-0.05, 0) is 0 Å². The van der Waals surface area contributed by atoms with Gasteiger partial charge < -0.3 is 4.74 Å². The number of methoxy groups -OCH3 is 1. The van der Waals surface area contributed by atoms with Crippen LogP contribution >= 0.6 is 0 Å². The summed E-state index contributed by atoms with van der Waals surface area (Å²) in [5.41, 5.74) is 0. The molecule has 0 spiro atoms. The van der Waals surface area contributed by atoms with Crippen molar-refractivity contribution in [1.29, 1.82) is 0 Å². The molecule has 78 valence electrons. The molecule has 0 aliphatic heterocycles. The smallest absolute Gasteiger partial charge is 0.335 e. The number of carbonyl (C=O) groups is 1. The van der Waals surface area contributed by atoms with E-state index in [4.69, 9.17) is 0 Å². The lowest BCUT2D eigenvalue weighted by Gasteiger charge is -1.97. The summed E-state index contributed by atoms with van der Waals surface area (Å²) in [5.74, 6) is -0.601. The second kappa shape index (κ2) is 3.74. The van der Waals surface area contributed by atoms with E-state index in [1.165, 1.54) is 7.11 Å². The van der Waals surface area contributed by atoms with Crippen LogP contribution in [0.4, 0.5) is 3.89 Å². The standard InChI is InChI=1S/C6H7FN2O4S/c1-13-6(10)4-9-3-5(2-8-9)14(7,11)12/h2-3H,4H2,1H3. The lowest BCUT2D eigenvalue weighted by atomic mass is 10.6. The maximum atomic E-state index is 12.4. The highest BCUT2D eigenvalue weighted by atomic mass is 32.3. The van der Waals surface area contributed by atoms with E-state index in [1.54, 1.807) is 0 Å². The number of hydrogen-bond acceptors (Lipinski definition) is 5. The molecule has 0 saturated carbocycles. The topological polar surface area (TPSA) is 78.3 Å². The molecular weight excluding hydrogens is 215 g/mol. The third-order valence-electron chi connectivity index (χ3n) is 1.41. The molecule has 0 N–H and O–H groups in total. The van der Waals surface area contributed by atoms with Crippen molar-refractivity contribution in [3.8, 4) is 0 Å². The number of halogens is 1. The number of carbonyl (C=O) groups excluding carboxylic acids is 1. The van der Waals surface area contributed by atoms with Crippen molar-refractivity contribution >= 4 is 16.2 Å². The molecule has 0 aliphatic carbocycles. The third kappa shape index (κ3) is 2.52. The second-order valence-electron chi connectivity index (χ2n) is 2.39. The predicted molar refractivity (Wildman–Crippen MR) is 42.5 cm³/mol. The first kappa shape index (κ1) is 10.6. The van der Waals surface area contributed by atoms with Crippen molar-refractivity contribution in [2.45, 2.75) is 11.4 Å². The summed E-state index contributed by atoms with van der Waals surface area (Å²) in [6, 6.07) is 0. The lowest BCUT2D eigenvalue weighted by Crippen LogP contribution is -2.11. The van der Waals surface area contributed by atoms with Gasteiger partial charge >= 0.3 is 16.2 Å². The van der Waals surface area contributed by atoms with Crippen LogP contribution in [0.1, 0.15) is 0 Å². The average Bonchev–Trinajstić information content (AvgIpc) is 2.51. The van der Waals surface area contributed by atoms with Crippen molar-refractivity contribution in [1.82, 2.24) is 9.78 Å². The normalized spacial score (nSPS) is 11.3. The third-order valence-corrected chi connectivity index (χ3v) is 2.18. The van der Waals surface area contributed by atoms with E-state index >= 15 is 0 Å².